The van der Waals surface area contributed by atoms with Crippen molar-refractivity contribution in [1.29, 1.82) is 0 Å². The second-order valence-corrected chi connectivity index (χ2v) is 8.63. The predicted molar refractivity (Wildman–Crippen MR) is 77.4 cm³/mol. The zero-order chi connectivity index (χ0) is 15.1. The highest BCUT2D eigenvalue weighted by atomic mass is 35.7. The van der Waals surface area contributed by atoms with Gasteiger partial charge in [-0.2, -0.15) is 0 Å². The Morgan fingerprint density at radius 3 is 2.30 bits per heavy atom. The number of carbonyl (C=O) groups is 1. The van der Waals surface area contributed by atoms with E-state index >= 15 is 0 Å². The Morgan fingerprint density at radius 2 is 1.85 bits per heavy atom. The molecule has 1 fully saturated rings. The number of aryl methyl sites for hydroxylation is 1. The third kappa shape index (κ3) is 3.17. The van der Waals surface area contributed by atoms with Crippen LogP contribution in [0.1, 0.15) is 37.2 Å². The van der Waals surface area contributed by atoms with Crippen LogP contribution in [0.3, 0.4) is 0 Å². The molecule has 0 spiro atoms. The first-order chi connectivity index (χ1) is 9.10. The van der Waals surface area contributed by atoms with E-state index < -0.39 is 9.05 Å². The topological polar surface area (TPSA) is 59.4 Å². The predicted octanol–water partition coefficient (Wildman–Crippen LogP) is 2.21. The molecule has 1 saturated heterocycles. The van der Waals surface area contributed by atoms with Crippen molar-refractivity contribution in [2.24, 2.45) is 12.5 Å². The van der Waals surface area contributed by atoms with Gasteiger partial charge in [0.15, 0.2) is 0 Å². The summed E-state index contributed by atoms with van der Waals surface area (Å²) in [5.41, 5.74) is 0.610. The van der Waals surface area contributed by atoms with Crippen molar-refractivity contribution < 1.29 is 13.2 Å². The van der Waals surface area contributed by atoms with Crippen LogP contribution in [0.25, 0.3) is 0 Å². The van der Waals surface area contributed by atoms with Gasteiger partial charge in [-0.05, 0) is 24.3 Å². The molecule has 1 amide bonds. The van der Waals surface area contributed by atoms with Gasteiger partial charge in [0.25, 0.3) is 15.0 Å². The summed E-state index contributed by atoms with van der Waals surface area (Å²) in [6.07, 6.45) is 3.26. The fourth-order valence-electron chi connectivity index (χ4n) is 2.36. The maximum absolute atomic E-state index is 12.4. The van der Waals surface area contributed by atoms with Crippen molar-refractivity contribution in [3.05, 3.63) is 18.0 Å². The molecule has 112 valence electrons. The van der Waals surface area contributed by atoms with Crippen molar-refractivity contribution in [3.8, 4) is 0 Å². The zero-order valence-electron chi connectivity index (χ0n) is 11.9. The lowest BCUT2D eigenvalue weighted by Gasteiger charge is -2.36. The van der Waals surface area contributed by atoms with Crippen LogP contribution in [0.5, 0.6) is 0 Å². The van der Waals surface area contributed by atoms with Crippen molar-refractivity contribution in [3.63, 3.8) is 0 Å². The first kappa shape index (κ1) is 15.4. The zero-order valence-corrected chi connectivity index (χ0v) is 13.5. The first-order valence-electron chi connectivity index (χ1n) is 6.50. The number of hydrogen-bond acceptors (Lipinski definition) is 3. The Kier molecular flexibility index (Phi) is 3.90. The van der Waals surface area contributed by atoms with Crippen molar-refractivity contribution in [2.45, 2.75) is 31.6 Å². The minimum atomic E-state index is -3.81. The average molecular weight is 319 g/mol. The molecular weight excluding hydrogens is 300 g/mol. The number of carbonyl (C=O) groups excluding carboxylic acids is 1. The van der Waals surface area contributed by atoms with Gasteiger partial charge in [-0.25, -0.2) is 8.42 Å². The van der Waals surface area contributed by atoms with Gasteiger partial charge in [-0.1, -0.05) is 13.8 Å². The lowest BCUT2D eigenvalue weighted by molar-refractivity contribution is 0.0621. The molecule has 20 heavy (non-hydrogen) atoms. The van der Waals surface area contributed by atoms with Gasteiger partial charge in [-0.3, -0.25) is 4.79 Å². The van der Waals surface area contributed by atoms with E-state index in [-0.39, 0.29) is 16.2 Å². The number of nitrogens with zero attached hydrogens (tertiary/aromatic N) is 2. The third-order valence-corrected chi connectivity index (χ3v) is 5.21. The highest BCUT2D eigenvalue weighted by Gasteiger charge is 2.30. The Bertz CT molecular complexity index is 624. The molecule has 2 heterocycles. The lowest BCUT2D eigenvalue weighted by atomic mass is 9.82. The van der Waals surface area contributed by atoms with Crippen molar-refractivity contribution in [1.82, 2.24) is 9.47 Å². The molecule has 1 aliphatic rings. The summed E-state index contributed by atoms with van der Waals surface area (Å²) in [4.78, 5) is 14.2. The third-order valence-electron chi connectivity index (χ3n) is 3.88. The van der Waals surface area contributed by atoms with Gasteiger partial charge in [0, 0.05) is 37.0 Å². The number of aromatic nitrogens is 1. The summed E-state index contributed by atoms with van der Waals surface area (Å²) in [5, 5.41) is 0. The summed E-state index contributed by atoms with van der Waals surface area (Å²) in [5.74, 6) is -0.144. The molecular formula is C13H19ClN2O3S. The van der Waals surface area contributed by atoms with Crippen LogP contribution in [-0.2, 0) is 16.1 Å². The second-order valence-electron chi connectivity index (χ2n) is 6.07. The first-order valence-corrected chi connectivity index (χ1v) is 8.81. The summed E-state index contributed by atoms with van der Waals surface area (Å²) in [6.45, 7) is 5.77. The SMILES string of the molecule is Cn1cc(S(=O)(=O)Cl)cc1C(=O)N1CCC(C)(C)CC1. The number of halogens is 1. The van der Waals surface area contributed by atoms with Gasteiger partial charge < -0.3 is 9.47 Å². The van der Waals surface area contributed by atoms with Crippen LogP contribution in [0, 0.1) is 5.41 Å². The van der Waals surface area contributed by atoms with Crippen LogP contribution in [0.4, 0.5) is 0 Å². The Balaban J connectivity index is 2.20. The molecule has 1 aliphatic heterocycles. The fourth-order valence-corrected chi connectivity index (χ4v) is 3.15. The molecule has 0 bridgehead atoms. The summed E-state index contributed by atoms with van der Waals surface area (Å²) < 4.78 is 24.1. The normalized spacial score (nSPS) is 19.1. The number of hydrogen-bond donors (Lipinski definition) is 0. The van der Waals surface area contributed by atoms with Crippen LogP contribution in [-0.4, -0.2) is 36.9 Å². The van der Waals surface area contributed by atoms with Gasteiger partial charge in [-0.15, -0.1) is 0 Å². The molecule has 0 unspecified atom stereocenters. The van der Waals surface area contributed by atoms with E-state index in [0.29, 0.717) is 18.8 Å². The Hall–Kier alpha value is -1.01. The van der Waals surface area contributed by atoms with Crippen LogP contribution in [0.15, 0.2) is 17.2 Å². The second kappa shape index (κ2) is 5.07. The molecule has 2 rings (SSSR count). The van der Waals surface area contributed by atoms with E-state index in [1.54, 1.807) is 11.9 Å². The van der Waals surface area contributed by atoms with Crippen LogP contribution in [0.2, 0.25) is 0 Å². The van der Waals surface area contributed by atoms with Crippen LogP contribution >= 0.6 is 10.7 Å². The summed E-state index contributed by atoms with van der Waals surface area (Å²) in [7, 11) is 3.14. The largest absolute Gasteiger partial charge is 0.345 e. The van der Waals surface area contributed by atoms with E-state index in [4.69, 9.17) is 10.7 Å². The number of rotatable bonds is 2. The van der Waals surface area contributed by atoms with E-state index in [2.05, 4.69) is 13.8 Å². The minimum Gasteiger partial charge on any atom is -0.345 e. The van der Waals surface area contributed by atoms with E-state index in [0.717, 1.165) is 12.8 Å². The van der Waals surface area contributed by atoms with E-state index in [9.17, 15) is 13.2 Å². The molecule has 0 aliphatic carbocycles. The Labute approximate surface area is 123 Å². The van der Waals surface area contributed by atoms with E-state index in [1.807, 2.05) is 0 Å². The molecule has 0 atom stereocenters. The van der Waals surface area contributed by atoms with Gasteiger partial charge in [0.05, 0.1) is 0 Å². The molecule has 7 heteroatoms. The minimum absolute atomic E-state index is 0.0395. The summed E-state index contributed by atoms with van der Waals surface area (Å²) in [6, 6.07) is 1.34. The van der Waals surface area contributed by atoms with Crippen molar-refractivity contribution in [2.75, 3.05) is 13.1 Å². The number of likely N-dealkylation sites (tertiary alicyclic amines) is 1. The highest BCUT2D eigenvalue weighted by molar-refractivity contribution is 8.13. The maximum atomic E-state index is 12.4. The van der Waals surface area contributed by atoms with Crippen LogP contribution < -0.4 is 0 Å². The summed E-state index contributed by atoms with van der Waals surface area (Å²) >= 11 is 0. The van der Waals surface area contributed by atoms with E-state index in [1.165, 1.54) is 16.8 Å². The standard InChI is InChI=1S/C13H19ClN2O3S/c1-13(2)4-6-16(7-5-13)12(17)11-8-10(9-15(11)3)20(14,18)19/h8-9H,4-7H2,1-3H3. The smallest absolute Gasteiger partial charge is 0.270 e. The molecule has 0 aromatic carbocycles. The van der Waals surface area contributed by atoms with Gasteiger partial charge in [0.2, 0.25) is 0 Å². The fraction of sp³-hybridized carbons (Fsp3) is 0.615. The van der Waals surface area contributed by atoms with Crippen molar-refractivity contribution >= 4 is 25.6 Å². The molecule has 0 radical (unpaired) electrons. The molecule has 1 aromatic heterocycles. The molecule has 1 aromatic rings. The number of amides is 1. The Morgan fingerprint density at radius 1 is 1.30 bits per heavy atom. The highest BCUT2D eigenvalue weighted by Crippen LogP contribution is 2.30. The lowest BCUT2D eigenvalue weighted by Crippen LogP contribution is -2.41. The monoisotopic (exact) mass is 318 g/mol. The molecule has 5 nitrogen and oxygen atoms in total. The molecule has 0 N–H and O–H groups in total. The average Bonchev–Trinajstić information content (AvgIpc) is 2.70. The maximum Gasteiger partial charge on any atom is 0.270 e. The number of piperidine rings is 1. The van der Waals surface area contributed by atoms with Gasteiger partial charge >= 0.3 is 0 Å². The quantitative estimate of drug-likeness (QED) is 0.786. The van der Waals surface area contributed by atoms with Gasteiger partial charge in [0.1, 0.15) is 10.6 Å². The molecule has 0 saturated carbocycles.